The van der Waals surface area contributed by atoms with E-state index in [0.29, 0.717) is 5.69 Å². The number of halogens is 1. The molecule has 1 atom stereocenters. The number of hydrogen-bond acceptors (Lipinski definition) is 2. The largest absolute Gasteiger partial charge is 0.375 e. The highest BCUT2D eigenvalue weighted by molar-refractivity contribution is 5.47. The summed E-state index contributed by atoms with van der Waals surface area (Å²) < 4.78 is 13.6. The molecule has 0 bridgehead atoms. The summed E-state index contributed by atoms with van der Waals surface area (Å²) in [4.78, 5) is 1.77. The van der Waals surface area contributed by atoms with Gasteiger partial charge in [-0.05, 0) is 37.5 Å². The van der Waals surface area contributed by atoms with Crippen LogP contribution in [0.2, 0.25) is 0 Å². The van der Waals surface area contributed by atoms with E-state index in [2.05, 4.69) is 0 Å². The van der Waals surface area contributed by atoms with E-state index in [1.165, 1.54) is 0 Å². The molecule has 0 aliphatic carbocycles. The lowest BCUT2D eigenvalue weighted by molar-refractivity contribution is 0.618. The third kappa shape index (κ3) is 3.51. The van der Waals surface area contributed by atoms with Gasteiger partial charge in [-0.3, -0.25) is 0 Å². The van der Waals surface area contributed by atoms with Gasteiger partial charge >= 0.3 is 0 Å². The van der Waals surface area contributed by atoms with Crippen LogP contribution in [0.5, 0.6) is 0 Å². The summed E-state index contributed by atoms with van der Waals surface area (Å²) in [6.07, 6.45) is 1.73. The molecular weight excluding hydrogens is 191 g/mol. The second-order valence-electron chi connectivity index (χ2n) is 4.20. The fourth-order valence-corrected chi connectivity index (χ4v) is 1.46. The minimum absolute atomic E-state index is 0.165. The zero-order valence-electron chi connectivity index (χ0n) is 9.63. The first kappa shape index (κ1) is 12.0. The van der Waals surface area contributed by atoms with E-state index in [4.69, 9.17) is 5.73 Å². The van der Waals surface area contributed by atoms with Crippen molar-refractivity contribution >= 4 is 5.69 Å². The highest BCUT2D eigenvalue weighted by Gasteiger charge is 2.05. The standard InChI is InChI=1S/C12H19FN2/c1-9(14)4-5-10-6-7-12(15(2)3)11(13)8-10/h6-9H,4-5,14H2,1-3H3/t9-/m1/s1. The van der Waals surface area contributed by atoms with E-state index in [1.54, 1.807) is 11.0 Å². The maximum atomic E-state index is 13.6. The van der Waals surface area contributed by atoms with Gasteiger partial charge in [-0.1, -0.05) is 6.07 Å². The van der Waals surface area contributed by atoms with Crippen LogP contribution in [0.1, 0.15) is 18.9 Å². The summed E-state index contributed by atoms with van der Waals surface area (Å²) in [5.74, 6) is -0.165. The molecule has 0 saturated heterocycles. The third-order valence-electron chi connectivity index (χ3n) is 2.38. The molecule has 3 heteroatoms. The van der Waals surface area contributed by atoms with Crippen LogP contribution in [0.25, 0.3) is 0 Å². The quantitative estimate of drug-likeness (QED) is 0.825. The van der Waals surface area contributed by atoms with Crippen LogP contribution < -0.4 is 10.6 Å². The molecule has 1 aromatic carbocycles. The van der Waals surface area contributed by atoms with Gasteiger partial charge in [0.05, 0.1) is 5.69 Å². The maximum Gasteiger partial charge on any atom is 0.146 e. The molecule has 15 heavy (non-hydrogen) atoms. The average Bonchev–Trinajstić information content (AvgIpc) is 2.14. The minimum Gasteiger partial charge on any atom is -0.375 e. The Bertz CT molecular complexity index is 321. The highest BCUT2D eigenvalue weighted by Crippen LogP contribution is 2.19. The van der Waals surface area contributed by atoms with Gasteiger partial charge in [0.1, 0.15) is 5.82 Å². The van der Waals surface area contributed by atoms with Gasteiger partial charge in [-0.25, -0.2) is 4.39 Å². The van der Waals surface area contributed by atoms with Gasteiger partial charge in [-0.2, -0.15) is 0 Å². The number of nitrogens with two attached hydrogens (primary N) is 1. The van der Waals surface area contributed by atoms with Crippen molar-refractivity contribution in [1.29, 1.82) is 0 Å². The van der Waals surface area contributed by atoms with Gasteiger partial charge in [0.25, 0.3) is 0 Å². The Hall–Kier alpha value is -1.09. The van der Waals surface area contributed by atoms with E-state index in [1.807, 2.05) is 33.2 Å². The Labute approximate surface area is 90.9 Å². The monoisotopic (exact) mass is 210 g/mol. The molecule has 0 amide bonds. The van der Waals surface area contributed by atoms with Gasteiger partial charge in [0, 0.05) is 20.1 Å². The molecule has 0 fully saturated rings. The van der Waals surface area contributed by atoms with E-state index in [9.17, 15) is 4.39 Å². The molecule has 2 N–H and O–H groups in total. The molecule has 0 spiro atoms. The van der Waals surface area contributed by atoms with E-state index in [-0.39, 0.29) is 11.9 Å². The number of aryl methyl sites for hydroxylation is 1. The van der Waals surface area contributed by atoms with Crippen LogP contribution in [0, 0.1) is 5.82 Å². The fraction of sp³-hybridized carbons (Fsp3) is 0.500. The van der Waals surface area contributed by atoms with Crippen LogP contribution in [0.15, 0.2) is 18.2 Å². The lowest BCUT2D eigenvalue weighted by atomic mass is 10.1. The lowest BCUT2D eigenvalue weighted by Crippen LogP contribution is -2.15. The fourth-order valence-electron chi connectivity index (χ4n) is 1.46. The van der Waals surface area contributed by atoms with E-state index >= 15 is 0 Å². The third-order valence-corrected chi connectivity index (χ3v) is 2.38. The molecule has 0 saturated carbocycles. The summed E-state index contributed by atoms with van der Waals surface area (Å²) in [5, 5.41) is 0. The van der Waals surface area contributed by atoms with Gasteiger partial charge in [0.15, 0.2) is 0 Å². The van der Waals surface area contributed by atoms with Crippen molar-refractivity contribution in [3.63, 3.8) is 0 Å². The molecule has 84 valence electrons. The Balaban J connectivity index is 2.73. The molecule has 0 heterocycles. The van der Waals surface area contributed by atoms with Gasteiger partial charge < -0.3 is 10.6 Å². The second-order valence-corrected chi connectivity index (χ2v) is 4.20. The molecular formula is C12H19FN2. The molecule has 0 aliphatic heterocycles. The molecule has 2 nitrogen and oxygen atoms in total. The van der Waals surface area contributed by atoms with Crippen molar-refractivity contribution in [2.75, 3.05) is 19.0 Å². The first-order valence-corrected chi connectivity index (χ1v) is 5.22. The van der Waals surface area contributed by atoms with Crippen molar-refractivity contribution in [3.8, 4) is 0 Å². The van der Waals surface area contributed by atoms with Gasteiger partial charge in [0.2, 0.25) is 0 Å². The molecule has 0 aliphatic rings. The number of rotatable bonds is 4. The molecule has 0 aromatic heterocycles. The predicted octanol–water partition coefficient (Wildman–Crippen LogP) is 2.17. The van der Waals surface area contributed by atoms with Crippen molar-refractivity contribution in [2.24, 2.45) is 5.73 Å². The van der Waals surface area contributed by atoms with Crippen LogP contribution in [-0.4, -0.2) is 20.1 Å². The maximum absolute atomic E-state index is 13.6. The molecule has 0 radical (unpaired) electrons. The van der Waals surface area contributed by atoms with Crippen molar-refractivity contribution in [2.45, 2.75) is 25.8 Å². The summed E-state index contributed by atoms with van der Waals surface area (Å²) in [6.45, 7) is 1.96. The topological polar surface area (TPSA) is 29.3 Å². The predicted molar refractivity (Wildman–Crippen MR) is 62.7 cm³/mol. The highest BCUT2D eigenvalue weighted by atomic mass is 19.1. The normalized spacial score (nSPS) is 12.6. The van der Waals surface area contributed by atoms with Gasteiger partial charge in [-0.15, -0.1) is 0 Å². The molecule has 0 unspecified atom stereocenters. The minimum atomic E-state index is -0.165. The molecule has 1 rings (SSSR count). The Morgan fingerprint density at radius 1 is 1.40 bits per heavy atom. The number of nitrogens with zero attached hydrogens (tertiary/aromatic N) is 1. The zero-order chi connectivity index (χ0) is 11.4. The zero-order valence-corrected chi connectivity index (χ0v) is 9.63. The number of benzene rings is 1. The number of anilines is 1. The summed E-state index contributed by atoms with van der Waals surface area (Å²) in [6, 6.07) is 5.53. The number of hydrogen-bond donors (Lipinski definition) is 1. The van der Waals surface area contributed by atoms with Crippen LogP contribution >= 0.6 is 0 Å². The van der Waals surface area contributed by atoms with Crippen molar-refractivity contribution < 1.29 is 4.39 Å². The summed E-state index contributed by atoms with van der Waals surface area (Å²) >= 11 is 0. The Kier molecular flexibility index (Phi) is 4.09. The summed E-state index contributed by atoms with van der Waals surface area (Å²) in [7, 11) is 3.67. The Morgan fingerprint density at radius 3 is 2.53 bits per heavy atom. The van der Waals surface area contributed by atoms with Crippen LogP contribution in [-0.2, 0) is 6.42 Å². The average molecular weight is 210 g/mol. The van der Waals surface area contributed by atoms with Crippen molar-refractivity contribution in [1.82, 2.24) is 0 Å². The SMILES string of the molecule is C[C@@H](N)CCc1ccc(N(C)C)c(F)c1. The first-order chi connectivity index (χ1) is 7.00. The first-order valence-electron chi connectivity index (χ1n) is 5.22. The Morgan fingerprint density at radius 2 is 2.07 bits per heavy atom. The summed E-state index contributed by atoms with van der Waals surface area (Å²) in [5.41, 5.74) is 7.29. The smallest absolute Gasteiger partial charge is 0.146 e. The van der Waals surface area contributed by atoms with Crippen LogP contribution in [0.4, 0.5) is 10.1 Å². The van der Waals surface area contributed by atoms with Crippen LogP contribution in [0.3, 0.4) is 0 Å². The van der Waals surface area contributed by atoms with E-state index < -0.39 is 0 Å². The molecule has 1 aromatic rings. The lowest BCUT2D eigenvalue weighted by Gasteiger charge is -2.14. The van der Waals surface area contributed by atoms with Crippen molar-refractivity contribution in [3.05, 3.63) is 29.6 Å². The van der Waals surface area contributed by atoms with E-state index in [0.717, 1.165) is 18.4 Å². The second kappa shape index (κ2) is 5.12.